The van der Waals surface area contributed by atoms with E-state index in [-0.39, 0.29) is 5.82 Å². The lowest BCUT2D eigenvalue weighted by Gasteiger charge is -2.03. The lowest BCUT2D eigenvalue weighted by molar-refractivity contribution is 0.0999. The fourth-order valence-electron chi connectivity index (χ4n) is 2.21. The summed E-state index contributed by atoms with van der Waals surface area (Å²) in [5, 5.41) is 4.17. The summed E-state index contributed by atoms with van der Waals surface area (Å²) in [6.07, 6.45) is 3.17. The van der Waals surface area contributed by atoms with Crippen LogP contribution in [-0.2, 0) is 0 Å². The van der Waals surface area contributed by atoms with Gasteiger partial charge in [-0.3, -0.25) is 10.2 Å². The Kier molecular flexibility index (Phi) is 2.62. The largest absolute Gasteiger partial charge is 0.309 e. The molecule has 108 valence electrons. The van der Waals surface area contributed by atoms with Crippen molar-refractivity contribution >= 4 is 22.7 Å². The van der Waals surface area contributed by atoms with Crippen molar-refractivity contribution in [1.29, 1.82) is 0 Å². The van der Waals surface area contributed by atoms with Crippen LogP contribution < -0.4 is 5.43 Å². The molecule has 0 atom stereocenters. The second kappa shape index (κ2) is 4.62. The first-order valence-electron chi connectivity index (χ1n) is 6.64. The third-order valence-corrected chi connectivity index (χ3v) is 3.31. The van der Waals surface area contributed by atoms with Crippen molar-refractivity contribution in [1.82, 2.24) is 29.2 Å². The van der Waals surface area contributed by atoms with Crippen LogP contribution in [0.4, 0.5) is 0 Å². The van der Waals surface area contributed by atoms with Gasteiger partial charge in [-0.25, -0.2) is 19.2 Å². The summed E-state index contributed by atoms with van der Waals surface area (Å²) in [6.45, 7) is 1.87. The van der Waals surface area contributed by atoms with Crippen LogP contribution in [0, 0.1) is 6.92 Å². The topological polar surface area (TPSA) is 90.0 Å². The molecule has 22 heavy (non-hydrogen) atoms. The number of para-hydroxylation sites is 2. The van der Waals surface area contributed by atoms with Crippen molar-refractivity contribution in [2.45, 2.75) is 6.92 Å². The minimum atomic E-state index is -0.423. The number of nitrogens with zero attached hydrogens (tertiary/aromatic N) is 6. The third kappa shape index (κ3) is 1.89. The third-order valence-electron chi connectivity index (χ3n) is 3.31. The van der Waals surface area contributed by atoms with Crippen LogP contribution in [-0.4, -0.2) is 35.1 Å². The normalized spacial score (nSPS) is 11.1. The Morgan fingerprint density at radius 3 is 2.91 bits per heavy atom. The minimum Gasteiger partial charge on any atom is -0.264 e. The molecule has 4 aromatic rings. The number of aromatic nitrogens is 6. The maximum atomic E-state index is 12.3. The van der Waals surface area contributed by atoms with Crippen molar-refractivity contribution < 1.29 is 4.79 Å². The van der Waals surface area contributed by atoms with E-state index in [2.05, 4.69) is 25.5 Å². The van der Waals surface area contributed by atoms with E-state index in [0.717, 1.165) is 16.7 Å². The summed E-state index contributed by atoms with van der Waals surface area (Å²) in [5.74, 6) is 0.0215. The second-order valence-electron chi connectivity index (χ2n) is 4.78. The summed E-state index contributed by atoms with van der Waals surface area (Å²) >= 11 is 0. The van der Waals surface area contributed by atoms with Crippen molar-refractivity contribution in [3.8, 4) is 0 Å². The molecule has 1 N–H and O–H groups in total. The molecule has 0 aliphatic carbocycles. The molecule has 0 saturated carbocycles. The molecule has 1 aromatic carbocycles. The highest BCUT2D eigenvalue weighted by Gasteiger charge is 2.15. The molecular formula is C14H11N7O. The highest BCUT2D eigenvalue weighted by molar-refractivity contribution is 5.97. The average Bonchev–Trinajstić information content (AvgIpc) is 3.13. The SMILES string of the molecule is Cc1ccnc2nc(C(=O)Nn3cnc4ccccc43)nn12. The molecule has 8 nitrogen and oxygen atoms in total. The number of hydrogen-bond acceptors (Lipinski definition) is 5. The number of rotatable bonds is 2. The molecule has 0 unspecified atom stereocenters. The van der Waals surface area contributed by atoms with Gasteiger partial charge in [0.1, 0.15) is 6.33 Å². The molecule has 8 heteroatoms. The van der Waals surface area contributed by atoms with E-state index in [9.17, 15) is 4.79 Å². The second-order valence-corrected chi connectivity index (χ2v) is 4.78. The summed E-state index contributed by atoms with van der Waals surface area (Å²) in [5.41, 5.74) is 5.16. The Bertz CT molecular complexity index is 1000. The van der Waals surface area contributed by atoms with E-state index in [1.54, 1.807) is 23.3 Å². The molecule has 3 heterocycles. The van der Waals surface area contributed by atoms with Crippen LogP contribution in [0.1, 0.15) is 16.3 Å². The highest BCUT2D eigenvalue weighted by atomic mass is 16.2. The number of nitrogens with one attached hydrogen (secondary N) is 1. The van der Waals surface area contributed by atoms with Gasteiger partial charge < -0.3 is 0 Å². The molecule has 1 amide bonds. The highest BCUT2D eigenvalue weighted by Crippen LogP contribution is 2.10. The Balaban J connectivity index is 1.70. The van der Waals surface area contributed by atoms with Crippen molar-refractivity contribution in [3.63, 3.8) is 0 Å². The standard InChI is InChI=1S/C14H11N7O/c1-9-6-7-15-14-17-12(18-21(9)14)13(22)19-20-8-16-10-4-2-3-5-11(10)20/h2-8H,1H3,(H,19,22). The van der Waals surface area contributed by atoms with Crippen molar-refractivity contribution in [3.05, 3.63) is 54.4 Å². The number of fused-ring (bicyclic) bond motifs is 2. The van der Waals surface area contributed by atoms with E-state index in [4.69, 9.17) is 0 Å². The van der Waals surface area contributed by atoms with Crippen LogP contribution in [0.5, 0.6) is 0 Å². The molecule has 0 fully saturated rings. The van der Waals surface area contributed by atoms with Crippen LogP contribution in [0.2, 0.25) is 0 Å². The van der Waals surface area contributed by atoms with Gasteiger partial charge in [0, 0.05) is 11.9 Å². The van der Waals surface area contributed by atoms with Gasteiger partial charge in [0.25, 0.3) is 5.78 Å². The summed E-state index contributed by atoms with van der Waals surface area (Å²) in [7, 11) is 0. The molecular weight excluding hydrogens is 282 g/mol. The Morgan fingerprint density at radius 2 is 2.05 bits per heavy atom. The number of amides is 1. The Hall–Kier alpha value is -3.29. The minimum absolute atomic E-state index is 0.0552. The molecule has 0 saturated heterocycles. The number of carbonyl (C=O) groups is 1. The average molecular weight is 293 g/mol. The van der Waals surface area contributed by atoms with Crippen molar-refractivity contribution in [2.75, 3.05) is 5.43 Å². The number of aryl methyl sites for hydroxylation is 1. The molecule has 0 aliphatic rings. The number of benzene rings is 1. The molecule has 0 spiro atoms. The molecule has 0 radical (unpaired) electrons. The zero-order valence-corrected chi connectivity index (χ0v) is 11.6. The van der Waals surface area contributed by atoms with Crippen LogP contribution >= 0.6 is 0 Å². The van der Waals surface area contributed by atoms with Gasteiger partial charge >= 0.3 is 5.91 Å². The van der Waals surface area contributed by atoms with Gasteiger partial charge in [0.2, 0.25) is 5.82 Å². The fraction of sp³-hybridized carbons (Fsp3) is 0.0714. The van der Waals surface area contributed by atoms with E-state index in [1.807, 2.05) is 31.2 Å². The summed E-state index contributed by atoms with van der Waals surface area (Å²) < 4.78 is 3.07. The van der Waals surface area contributed by atoms with Crippen molar-refractivity contribution in [2.24, 2.45) is 0 Å². The van der Waals surface area contributed by atoms with Gasteiger partial charge in [-0.2, -0.15) is 4.98 Å². The first-order valence-corrected chi connectivity index (χ1v) is 6.64. The van der Waals surface area contributed by atoms with Gasteiger partial charge in [-0.15, -0.1) is 5.10 Å². The number of carbonyl (C=O) groups excluding carboxylic acids is 1. The lowest BCUT2D eigenvalue weighted by Crippen LogP contribution is -2.23. The number of imidazole rings is 1. The fourth-order valence-corrected chi connectivity index (χ4v) is 2.21. The van der Waals surface area contributed by atoms with Gasteiger partial charge in [0.15, 0.2) is 0 Å². The maximum Gasteiger partial charge on any atom is 0.309 e. The zero-order chi connectivity index (χ0) is 15.1. The van der Waals surface area contributed by atoms with Gasteiger partial charge in [0.05, 0.1) is 11.0 Å². The maximum absolute atomic E-state index is 12.3. The summed E-state index contributed by atoms with van der Waals surface area (Å²) in [6, 6.07) is 9.30. The van der Waals surface area contributed by atoms with E-state index < -0.39 is 5.91 Å². The predicted octanol–water partition coefficient (Wildman–Crippen LogP) is 1.17. The smallest absolute Gasteiger partial charge is 0.264 e. The monoisotopic (exact) mass is 293 g/mol. The van der Waals surface area contributed by atoms with E-state index in [1.165, 1.54) is 4.52 Å². The molecule has 0 bridgehead atoms. The van der Waals surface area contributed by atoms with Gasteiger partial charge in [-0.1, -0.05) is 12.1 Å². The van der Waals surface area contributed by atoms with Crippen LogP contribution in [0.3, 0.4) is 0 Å². The van der Waals surface area contributed by atoms with Crippen LogP contribution in [0.15, 0.2) is 42.9 Å². The Morgan fingerprint density at radius 1 is 1.18 bits per heavy atom. The zero-order valence-electron chi connectivity index (χ0n) is 11.6. The molecule has 0 aliphatic heterocycles. The van der Waals surface area contributed by atoms with E-state index >= 15 is 0 Å². The first-order chi connectivity index (χ1) is 10.7. The first kappa shape index (κ1) is 12.5. The van der Waals surface area contributed by atoms with Gasteiger partial charge in [-0.05, 0) is 25.1 Å². The summed E-state index contributed by atoms with van der Waals surface area (Å²) in [4.78, 5) is 24.7. The van der Waals surface area contributed by atoms with Crippen LogP contribution in [0.25, 0.3) is 16.8 Å². The quantitative estimate of drug-likeness (QED) is 0.599. The predicted molar refractivity (Wildman–Crippen MR) is 78.9 cm³/mol. The molecule has 3 aromatic heterocycles. The van der Waals surface area contributed by atoms with E-state index in [0.29, 0.717) is 5.78 Å². The Labute approximate surface area is 124 Å². The lowest BCUT2D eigenvalue weighted by atomic mass is 10.3. The number of hydrogen-bond donors (Lipinski definition) is 1. The molecule has 4 rings (SSSR count).